The van der Waals surface area contributed by atoms with Crippen molar-refractivity contribution in [2.75, 3.05) is 26.4 Å². The predicted octanol–water partition coefficient (Wildman–Crippen LogP) is 0.672. The Balaban J connectivity index is 1.68. The molecule has 0 aromatic heterocycles. The van der Waals surface area contributed by atoms with E-state index in [9.17, 15) is 5.11 Å². The summed E-state index contributed by atoms with van der Waals surface area (Å²) in [7, 11) is 0. The molecule has 0 aromatic carbocycles. The molecule has 1 saturated heterocycles. The Hall–Kier alpha value is -0.160. The largest absolute Gasteiger partial charge is 0.388 e. The van der Waals surface area contributed by atoms with Crippen molar-refractivity contribution in [1.82, 2.24) is 0 Å². The van der Waals surface area contributed by atoms with Crippen LogP contribution in [0.4, 0.5) is 0 Å². The van der Waals surface area contributed by atoms with Gasteiger partial charge < -0.3 is 20.3 Å². The minimum absolute atomic E-state index is 0.271. The molecule has 0 bridgehead atoms. The summed E-state index contributed by atoms with van der Waals surface area (Å²) in [5, 5.41) is 10.2. The molecule has 0 aromatic rings. The lowest BCUT2D eigenvalue weighted by Crippen LogP contribution is -2.41. The molecule has 1 heterocycles. The Kier molecular flexibility index (Phi) is 4.19. The van der Waals surface area contributed by atoms with Gasteiger partial charge in [-0.15, -0.1) is 0 Å². The maximum atomic E-state index is 10.2. The minimum atomic E-state index is -0.629. The fourth-order valence-corrected chi connectivity index (χ4v) is 2.83. The maximum absolute atomic E-state index is 10.2. The molecule has 16 heavy (non-hydrogen) atoms. The van der Waals surface area contributed by atoms with Crippen molar-refractivity contribution in [3.63, 3.8) is 0 Å². The van der Waals surface area contributed by atoms with E-state index in [1.54, 1.807) is 0 Å². The third kappa shape index (κ3) is 2.74. The van der Waals surface area contributed by atoms with Crippen LogP contribution >= 0.6 is 0 Å². The molecule has 2 aliphatic rings. The van der Waals surface area contributed by atoms with Gasteiger partial charge in [-0.25, -0.2) is 0 Å². The van der Waals surface area contributed by atoms with Crippen molar-refractivity contribution in [3.05, 3.63) is 0 Å². The second-order valence-electron chi connectivity index (χ2n) is 5.04. The van der Waals surface area contributed by atoms with Gasteiger partial charge in [-0.1, -0.05) is 6.42 Å². The lowest BCUT2D eigenvalue weighted by molar-refractivity contribution is -0.0169. The molecule has 1 saturated carbocycles. The Bertz CT molecular complexity index is 218. The molecule has 3 N–H and O–H groups in total. The molecule has 4 nitrogen and oxygen atoms in total. The summed E-state index contributed by atoms with van der Waals surface area (Å²) in [5.74, 6) is 0.319. The van der Waals surface area contributed by atoms with Gasteiger partial charge in [0.25, 0.3) is 0 Å². The van der Waals surface area contributed by atoms with Gasteiger partial charge in [0.2, 0.25) is 0 Å². The summed E-state index contributed by atoms with van der Waals surface area (Å²) < 4.78 is 11.0. The Morgan fingerprint density at radius 1 is 1.44 bits per heavy atom. The maximum Gasteiger partial charge on any atom is 0.0830 e. The first-order chi connectivity index (χ1) is 7.74. The van der Waals surface area contributed by atoms with E-state index in [4.69, 9.17) is 15.2 Å². The average molecular weight is 229 g/mol. The minimum Gasteiger partial charge on any atom is -0.388 e. The van der Waals surface area contributed by atoms with Crippen LogP contribution in [0.5, 0.6) is 0 Å². The molecular formula is C12H23NO3. The van der Waals surface area contributed by atoms with Crippen LogP contribution in [0.25, 0.3) is 0 Å². The molecule has 1 aliphatic carbocycles. The topological polar surface area (TPSA) is 64.7 Å². The summed E-state index contributed by atoms with van der Waals surface area (Å²) in [6.07, 6.45) is 5.22. The average Bonchev–Trinajstić information content (AvgIpc) is 2.90. The number of hydrogen-bond donors (Lipinski definition) is 2. The van der Waals surface area contributed by atoms with Crippen LogP contribution in [-0.2, 0) is 9.47 Å². The Labute approximate surface area is 97.1 Å². The van der Waals surface area contributed by atoms with E-state index in [0.29, 0.717) is 12.5 Å². The molecule has 3 unspecified atom stereocenters. The van der Waals surface area contributed by atoms with Gasteiger partial charge in [0.05, 0.1) is 18.3 Å². The highest BCUT2D eigenvalue weighted by atomic mass is 16.5. The monoisotopic (exact) mass is 229 g/mol. The van der Waals surface area contributed by atoms with Crippen molar-refractivity contribution in [3.8, 4) is 0 Å². The van der Waals surface area contributed by atoms with Crippen LogP contribution in [0.15, 0.2) is 0 Å². The third-order valence-electron chi connectivity index (χ3n) is 3.98. The smallest absolute Gasteiger partial charge is 0.0830 e. The quantitative estimate of drug-likeness (QED) is 0.727. The zero-order valence-electron chi connectivity index (χ0n) is 9.86. The van der Waals surface area contributed by atoms with E-state index in [1.807, 2.05) is 0 Å². The lowest BCUT2D eigenvalue weighted by Gasteiger charge is -2.28. The molecule has 4 heteroatoms. The van der Waals surface area contributed by atoms with E-state index >= 15 is 0 Å². The summed E-state index contributed by atoms with van der Waals surface area (Å²) in [6.45, 7) is 2.65. The normalized spacial score (nSPS) is 39.4. The standard InChI is InChI=1S/C12H23NO3/c13-9-12(14)5-1-2-10(12)3-7-16-11-4-6-15-8-11/h10-11,14H,1-9,13H2. The first-order valence-corrected chi connectivity index (χ1v) is 6.36. The number of aliphatic hydroxyl groups is 1. The van der Waals surface area contributed by atoms with Gasteiger partial charge in [-0.05, 0) is 31.6 Å². The molecule has 1 aliphatic heterocycles. The molecule has 0 radical (unpaired) electrons. The summed E-state index contributed by atoms with van der Waals surface area (Å²) in [6, 6.07) is 0. The Morgan fingerprint density at radius 3 is 3.00 bits per heavy atom. The van der Waals surface area contributed by atoms with E-state index in [0.717, 1.165) is 51.9 Å². The van der Waals surface area contributed by atoms with Gasteiger partial charge in [0.15, 0.2) is 0 Å². The Morgan fingerprint density at radius 2 is 2.31 bits per heavy atom. The van der Waals surface area contributed by atoms with E-state index < -0.39 is 5.60 Å². The van der Waals surface area contributed by atoms with E-state index in [2.05, 4.69) is 0 Å². The highest BCUT2D eigenvalue weighted by molar-refractivity contribution is 4.92. The third-order valence-corrected chi connectivity index (χ3v) is 3.98. The molecular weight excluding hydrogens is 206 g/mol. The van der Waals surface area contributed by atoms with Crippen LogP contribution < -0.4 is 5.73 Å². The van der Waals surface area contributed by atoms with E-state index in [-0.39, 0.29) is 6.10 Å². The van der Waals surface area contributed by atoms with Gasteiger partial charge in [0.1, 0.15) is 0 Å². The van der Waals surface area contributed by atoms with Crippen LogP contribution in [0.2, 0.25) is 0 Å². The van der Waals surface area contributed by atoms with E-state index in [1.165, 1.54) is 0 Å². The number of rotatable bonds is 5. The molecule has 0 amide bonds. The zero-order chi connectivity index (χ0) is 11.4. The SMILES string of the molecule is NCC1(O)CCCC1CCOC1CCOC1. The zero-order valence-corrected chi connectivity index (χ0v) is 9.86. The van der Waals surface area contributed by atoms with Crippen molar-refractivity contribution in [1.29, 1.82) is 0 Å². The highest BCUT2D eigenvalue weighted by Crippen LogP contribution is 2.37. The first-order valence-electron chi connectivity index (χ1n) is 6.36. The van der Waals surface area contributed by atoms with Crippen LogP contribution in [0.3, 0.4) is 0 Å². The number of ether oxygens (including phenoxy) is 2. The second kappa shape index (κ2) is 5.45. The molecule has 0 spiro atoms. The molecule has 2 rings (SSSR count). The summed E-state index contributed by atoms with van der Waals surface area (Å²) in [4.78, 5) is 0. The number of hydrogen-bond acceptors (Lipinski definition) is 4. The first kappa shape index (κ1) is 12.3. The van der Waals surface area contributed by atoms with Crippen LogP contribution in [-0.4, -0.2) is 43.2 Å². The summed E-state index contributed by atoms with van der Waals surface area (Å²) >= 11 is 0. The van der Waals surface area contributed by atoms with Gasteiger partial charge >= 0.3 is 0 Å². The van der Waals surface area contributed by atoms with Crippen molar-refractivity contribution in [2.45, 2.75) is 43.8 Å². The van der Waals surface area contributed by atoms with Crippen LogP contribution in [0, 0.1) is 5.92 Å². The van der Waals surface area contributed by atoms with Crippen molar-refractivity contribution >= 4 is 0 Å². The fourth-order valence-electron chi connectivity index (χ4n) is 2.83. The van der Waals surface area contributed by atoms with Gasteiger partial charge in [-0.3, -0.25) is 0 Å². The number of nitrogens with two attached hydrogens (primary N) is 1. The van der Waals surface area contributed by atoms with Crippen molar-refractivity contribution < 1.29 is 14.6 Å². The molecule has 3 atom stereocenters. The van der Waals surface area contributed by atoms with Crippen LogP contribution in [0.1, 0.15) is 32.1 Å². The van der Waals surface area contributed by atoms with Gasteiger partial charge in [0, 0.05) is 19.8 Å². The molecule has 2 fully saturated rings. The summed E-state index contributed by atoms with van der Waals surface area (Å²) in [5.41, 5.74) is 5.01. The highest BCUT2D eigenvalue weighted by Gasteiger charge is 2.39. The second-order valence-corrected chi connectivity index (χ2v) is 5.04. The lowest BCUT2D eigenvalue weighted by atomic mass is 9.88. The van der Waals surface area contributed by atoms with Crippen molar-refractivity contribution in [2.24, 2.45) is 11.7 Å². The fraction of sp³-hybridized carbons (Fsp3) is 1.00. The molecule has 94 valence electrons. The predicted molar refractivity (Wildman–Crippen MR) is 61.1 cm³/mol. The van der Waals surface area contributed by atoms with Gasteiger partial charge in [-0.2, -0.15) is 0 Å².